The Bertz CT molecular complexity index is 296. The Morgan fingerprint density at radius 3 is 2.85 bits per heavy atom. The van der Waals surface area contributed by atoms with E-state index in [0.717, 1.165) is 23.9 Å². The molecule has 0 spiro atoms. The molecule has 1 heterocycles. The number of nitrogens with one attached hydrogen (secondary N) is 1. The van der Waals surface area contributed by atoms with E-state index in [9.17, 15) is 0 Å². The number of hydrogen-bond acceptors (Lipinski definition) is 3. The van der Waals surface area contributed by atoms with Gasteiger partial charge in [-0.1, -0.05) is 0 Å². The van der Waals surface area contributed by atoms with Crippen LogP contribution in [0, 0.1) is 5.41 Å². The maximum Gasteiger partial charge on any atom is 0.0894 e. The molecule has 0 amide bonds. The zero-order valence-corrected chi connectivity index (χ0v) is 9.62. The Morgan fingerprint density at radius 1 is 1.62 bits per heavy atom. The van der Waals surface area contributed by atoms with E-state index >= 15 is 0 Å². The first-order valence-corrected chi connectivity index (χ1v) is 6.00. The second kappa shape index (κ2) is 3.59. The molecule has 1 fully saturated rings. The fraction of sp³-hybridized carbons (Fsp3) is 0.556. The number of halogens is 1. The molecule has 1 aliphatic carbocycles. The largest absolute Gasteiger partial charge is 0.396 e. The third-order valence-corrected chi connectivity index (χ3v) is 4.15. The molecule has 0 saturated heterocycles. The Hall–Kier alpha value is -0.0600. The van der Waals surface area contributed by atoms with Gasteiger partial charge in [-0.25, -0.2) is 0 Å². The van der Waals surface area contributed by atoms with Gasteiger partial charge in [-0.15, -0.1) is 11.3 Å². The zero-order chi connectivity index (χ0) is 9.31. The van der Waals surface area contributed by atoms with Crippen molar-refractivity contribution in [1.29, 1.82) is 0 Å². The molecular formula is C9H12BrNOS. The lowest BCUT2D eigenvalue weighted by Gasteiger charge is -2.11. The van der Waals surface area contributed by atoms with Crippen LogP contribution in [0.5, 0.6) is 0 Å². The van der Waals surface area contributed by atoms with Gasteiger partial charge in [0.1, 0.15) is 0 Å². The maximum atomic E-state index is 9.09. The van der Waals surface area contributed by atoms with E-state index in [1.165, 1.54) is 5.00 Å². The average molecular weight is 262 g/mol. The Morgan fingerprint density at radius 2 is 2.38 bits per heavy atom. The van der Waals surface area contributed by atoms with Crippen molar-refractivity contribution in [3.8, 4) is 0 Å². The van der Waals surface area contributed by atoms with Crippen LogP contribution in [0.15, 0.2) is 15.9 Å². The number of aliphatic hydroxyl groups excluding tert-OH is 1. The van der Waals surface area contributed by atoms with Gasteiger partial charge in [0.25, 0.3) is 0 Å². The first kappa shape index (κ1) is 9.49. The third-order valence-electron chi connectivity index (χ3n) is 2.50. The van der Waals surface area contributed by atoms with Gasteiger partial charge >= 0.3 is 0 Å². The van der Waals surface area contributed by atoms with Gasteiger partial charge in [-0.2, -0.15) is 0 Å². The molecule has 2 nitrogen and oxygen atoms in total. The van der Waals surface area contributed by atoms with Crippen molar-refractivity contribution in [2.24, 2.45) is 5.41 Å². The predicted octanol–water partition coefficient (Wildman–Crippen LogP) is 2.70. The molecule has 1 aromatic rings. The normalized spacial score (nSPS) is 18.6. The molecule has 2 N–H and O–H groups in total. The summed E-state index contributed by atoms with van der Waals surface area (Å²) < 4.78 is 1.12. The van der Waals surface area contributed by atoms with Crippen LogP contribution in [0.4, 0.5) is 5.00 Å². The van der Waals surface area contributed by atoms with Crippen LogP contribution in [0.3, 0.4) is 0 Å². The monoisotopic (exact) mass is 261 g/mol. The van der Waals surface area contributed by atoms with Gasteiger partial charge in [0.05, 0.1) is 11.6 Å². The molecule has 13 heavy (non-hydrogen) atoms. The zero-order valence-electron chi connectivity index (χ0n) is 7.22. The summed E-state index contributed by atoms with van der Waals surface area (Å²) in [6.07, 6.45) is 2.31. The quantitative estimate of drug-likeness (QED) is 0.874. The Balaban J connectivity index is 1.86. The number of thiophene rings is 1. The summed E-state index contributed by atoms with van der Waals surface area (Å²) >= 11 is 5.10. The molecule has 0 bridgehead atoms. The van der Waals surface area contributed by atoms with E-state index in [1.807, 2.05) is 0 Å². The lowest BCUT2D eigenvalue weighted by atomic mass is 10.1. The van der Waals surface area contributed by atoms with E-state index < -0.39 is 0 Å². The number of rotatable bonds is 4. The van der Waals surface area contributed by atoms with Crippen LogP contribution >= 0.6 is 27.3 Å². The Kier molecular flexibility index (Phi) is 2.62. The SMILES string of the molecule is OCC1(CNc2cc(Br)cs2)CC1. The maximum absolute atomic E-state index is 9.09. The topological polar surface area (TPSA) is 32.3 Å². The molecular weight excluding hydrogens is 250 g/mol. The number of aliphatic hydroxyl groups is 1. The molecule has 4 heteroatoms. The predicted molar refractivity (Wildman–Crippen MR) is 59.3 cm³/mol. The van der Waals surface area contributed by atoms with E-state index in [2.05, 4.69) is 32.7 Å². The smallest absolute Gasteiger partial charge is 0.0894 e. The summed E-state index contributed by atoms with van der Waals surface area (Å²) in [5.74, 6) is 0. The molecule has 72 valence electrons. The summed E-state index contributed by atoms with van der Waals surface area (Å²) in [6.45, 7) is 1.21. The molecule has 1 aliphatic rings. The van der Waals surface area contributed by atoms with Crippen molar-refractivity contribution in [2.45, 2.75) is 12.8 Å². The Labute approximate surface area is 90.1 Å². The highest BCUT2D eigenvalue weighted by molar-refractivity contribution is 9.10. The van der Waals surface area contributed by atoms with Gasteiger partial charge < -0.3 is 10.4 Å². The highest BCUT2D eigenvalue weighted by atomic mass is 79.9. The van der Waals surface area contributed by atoms with Crippen LogP contribution in [0.2, 0.25) is 0 Å². The second-order valence-corrected chi connectivity index (χ2v) is 5.47. The minimum absolute atomic E-state index is 0.191. The highest BCUT2D eigenvalue weighted by Crippen LogP contribution is 2.45. The lowest BCUT2D eigenvalue weighted by molar-refractivity contribution is 0.220. The molecule has 0 aromatic carbocycles. The van der Waals surface area contributed by atoms with Gasteiger partial charge in [0.15, 0.2) is 0 Å². The molecule has 0 aliphatic heterocycles. The molecule has 1 aromatic heterocycles. The number of anilines is 1. The highest BCUT2D eigenvalue weighted by Gasteiger charge is 2.41. The first-order valence-electron chi connectivity index (χ1n) is 4.33. The number of hydrogen-bond donors (Lipinski definition) is 2. The fourth-order valence-electron chi connectivity index (χ4n) is 1.25. The summed E-state index contributed by atoms with van der Waals surface area (Å²) in [5.41, 5.74) is 0.191. The first-order chi connectivity index (χ1) is 6.24. The van der Waals surface area contributed by atoms with Gasteiger partial charge in [-0.05, 0) is 34.8 Å². The van der Waals surface area contributed by atoms with E-state index in [4.69, 9.17) is 5.11 Å². The summed E-state index contributed by atoms with van der Waals surface area (Å²) in [5, 5.41) is 15.7. The van der Waals surface area contributed by atoms with Crippen LogP contribution in [-0.4, -0.2) is 18.3 Å². The second-order valence-electron chi connectivity index (χ2n) is 3.64. The third kappa shape index (κ3) is 2.24. The van der Waals surface area contributed by atoms with Crippen molar-refractivity contribution < 1.29 is 5.11 Å². The van der Waals surface area contributed by atoms with Crippen LogP contribution in [0.25, 0.3) is 0 Å². The van der Waals surface area contributed by atoms with E-state index in [-0.39, 0.29) is 5.41 Å². The van der Waals surface area contributed by atoms with Crippen molar-refractivity contribution in [1.82, 2.24) is 0 Å². The van der Waals surface area contributed by atoms with Gasteiger partial charge in [-0.3, -0.25) is 0 Å². The van der Waals surface area contributed by atoms with E-state index in [0.29, 0.717) is 6.61 Å². The molecule has 0 unspecified atom stereocenters. The summed E-state index contributed by atoms with van der Waals surface area (Å²) in [7, 11) is 0. The van der Waals surface area contributed by atoms with Gasteiger partial charge in [0, 0.05) is 21.8 Å². The van der Waals surface area contributed by atoms with Crippen LogP contribution < -0.4 is 5.32 Å². The molecule has 0 radical (unpaired) electrons. The van der Waals surface area contributed by atoms with Crippen molar-refractivity contribution in [3.63, 3.8) is 0 Å². The minimum atomic E-state index is 0.191. The molecule has 2 rings (SSSR count). The standard InChI is InChI=1S/C9H12BrNOS/c10-7-3-8(13-4-7)11-5-9(6-12)1-2-9/h3-4,11-12H,1-2,5-6H2. The van der Waals surface area contributed by atoms with Gasteiger partial charge in [0.2, 0.25) is 0 Å². The van der Waals surface area contributed by atoms with Crippen molar-refractivity contribution in [2.75, 3.05) is 18.5 Å². The molecule has 0 atom stereocenters. The van der Waals surface area contributed by atoms with Crippen LogP contribution in [-0.2, 0) is 0 Å². The average Bonchev–Trinajstić information content (AvgIpc) is 2.81. The van der Waals surface area contributed by atoms with Crippen LogP contribution in [0.1, 0.15) is 12.8 Å². The molecule has 1 saturated carbocycles. The fourth-order valence-corrected chi connectivity index (χ4v) is 2.57. The summed E-state index contributed by atoms with van der Waals surface area (Å²) in [6, 6.07) is 2.07. The summed E-state index contributed by atoms with van der Waals surface area (Å²) in [4.78, 5) is 0. The van der Waals surface area contributed by atoms with Crippen molar-refractivity contribution in [3.05, 3.63) is 15.9 Å². The van der Waals surface area contributed by atoms with E-state index in [1.54, 1.807) is 11.3 Å². The van der Waals surface area contributed by atoms with Crippen molar-refractivity contribution >= 4 is 32.3 Å². The minimum Gasteiger partial charge on any atom is -0.396 e. The lowest BCUT2D eigenvalue weighted by Crippen LogP contribution is -2.18.